The Kier molecular flexibility index (Phi) is 2.08. The fourth-order valence-electron chi connectivity index (χ4n) is 1.88. The van der Waals surface area contributed by atoms with Crippen molar-refractivity contribution in [3.05, 3.63) is 23.8 Å². The molecule has 1 aliphatic carbocycles. The maximum absolute atomic E-state index is 8.83. The lowest BCUT2D eigenvalue weighted by atomic mass is 10.2. The van der Waals surface area contributed by atoms with Gasteiger partial charge in [0.1, 0.15) is 0 Å². The zero-order valence-electron chi connectivity index (χ0n) is 8.23. The molecule has 3 nitrogen and oxygen atoms in total. The Morgan fingerprint density at radius 2 is 2.33 bits per heavy atom. The van der Waals surface area contributed by atoms with Crippen LogP contribution in [0.1, 0.15) is 18.4 Å². The van der Waals surface area contributed by atoms with Crippen molar-refractivity contribution in [2.45, 2.75) is 23.8 Å². The van der Waals surface area contributed by atoms with Crippen molar-refractivity contribution >= 4 is 17.6 Å². The summed E-state index contributed by atoms with van der Waals surface area (Å²) < 4.78 is 3.30. The van der Waals surface area contributed by atoms with Gasteiger partial charge in [-0.3, -0.25) is 0 Å². The minimum Gasteiger partial charge on any atom is -0.354 e. The minimum atomic E-state index is 0.713. The lowest BCUT2D eigenvalue weighted by Crippen LogP contribution is -2.36. The summed E-state index contributed by atoms with van der Waals surface area (Å²) in [5, 5.41) is 8.83. The molecule has 3 rings (SSSR count). The van der Waals surface area contributed by atoms with Crippen LogP contribution < -0.4 is 9.62 Å². The standard InChI is InChI=1S/C11H11N3S/c12-6-8-1-4-10-11(5-8)15-13-7-14(10)9-2-3-9/h1,4-5,9,13H,2-3,7H2. The van der Waals surface area contributed by atoms with Gasteiger partial charge in [-0.1, -0.05) is 0 Å². The number of nitriles is 1. The highest BCUT2D eigenvalue weighted by Crippen LogP contribution is 2.39. The molecule has 0 saturated heterocycles. The van der Waals surface area contributed by atoms with Crippen molar-refractivity contribution in [2.24, 2.45) is 0 Å². The third-order valence-electron chi connectivity index (χ3n) is 2.80. The van der Waals surface area contributed by atoms with Gasteiger partial charge in [-0.05, 0) is 43.0 Å². The number of rotatable bonds is 1. The molecule has 1 N–H and O–H groups in total. The van der Waals surface area contributed by atoms with Crippen molar-refractivity contribution in [3.8, 4) is 6.07 Å². The highest BCUT2D eigenvalue weighted by molar-refractivity contribution is 7.97. The molecule has 1 fully saturated rings. The van der Waals surface area contributed by atoms with Crippen LogP contribution in [0, 0.1) is 11.3 Å². The first-order valence-corrected chi connectivity index (χ1v) is 5.90. The molecule has 0 amide bonds. The van der Waals surface area contributed by atoms with Crippen LogP contribution in [0.2, 0.25) is 0 Å². The number of anilines is 1. The quantitative estimate of drug-likeness (QED) is 0.731. The Morgan fingerprint density at radius 1 is 1.47 bits per heavy atom. The van der Waals surface area contributed by atoms with Gasteiger partial charge >= 0.3 is 0 Å². The van der Waals surface area contributed by atoms with E-state index in [-0.39, 0.29) is 0 Å². The predicted molar refractivity (Wildman–Crippen MR) is 60.5 cm³/mol. The lowest BCUT2D eigenvalue weighted by Gasteiger charge is -2.31. The van der Waals surface area contributed by atoms with Gasteiger partial charge in [0.15, 0.2) is 0 Å². The molecular weight excluding hydrogens is 206 g/mol. The van der Waals surface area contributed by atoms with E-state index in [1.165, 1.54) is 23.4 Å². The van der Waals surface area contributed by atoms with E-state index in [1.807, 2.05) is 12.1 Å². The van der Waals surface area contributed by atoms with Crippen molar-refractivity contribution < 1.29 is 0 Å². The largest absolute Gasteiger partial charge is 0.354 e. The Labute approximate surface area is 93.2 Å². The monoisotopic (exact) mass is 217 g/mol. The first-order chi connectivity index (χ1) is 7.38. The van der Waals surface area contributed by atoms with Crippen molar-refractivity contribution in [3.63, 3.8) is 0 Å². The van der Waals surface area contributed by atoms with Crippen LogP contribution in [-0.2, 0) is 0 Å². The molecule has 1 saturated carbocycles. The predicted octanol–water partition coefficient (Wildman–Crippen LogP) is 2.09. The first kappa shape index (κ1) is 9.08. The van der Waals surface area contributed by atoms with Gasteiger partial charge in [-0.15, -0.1) is 0 Å². The summed E-state index contributed by atoms with van der Waals surface area (Å²) in [6.07, 6.45) is 2.59. The van der Waals surface area contributed by atoms with Gasteiger partial charge < -0.3 is 4.90 Å². The third-order valence-corrected chi connectivity index (χ3v) is 3.62. The van der Waals surface area contributed by atoms with E-state index >= 15 is 0 Å². The summed E-state index contributed by atoms with van der Waals surface area (Å²) in [5.41, 5.74) is 2.01. The minimum absolute atomic E-state index is 0.713. The number of fused-ring (bicyclic) bond motifs is 1. The molecule has 0 spiro atoms. The van der Waals surface area contributed by atoms with Gasteiger partial charge in [0.2, 0.25) is 0 Å². The molecule has 0 radical (unpaired) electrons. The second-order valence-electron chi connectivity index (χ2n) is 3.90. The number of benzene rings is 1. The van der Waals surface area contributed by atoms with Gasteiger partial charge in [-0.25, -0.2) is 4.72 Å². The molecule has 2 aliphatic rings. The van der Waals surface area contributed by atoms with Crippen LogP contribution in [0.5, 0.6) is 0 Å². The molecule has 1 aromatic carbocycles. The Hall–Kier alpha value is -1.18. The lowest BCUT2D eigenvalue weighted by molar-refractivity contribution is 0.755. The SMILES string of the molecule is N#Cc1ccc2c(c1)SNCN2C1CC1. The molecule has 76 valence electrons. The zero-order valence-corrected chi connectivity index (χ0v) is 9.05. The van der Waals surface area contributed by atoms with E-state index in [4.69, 9.17) is 5.26 Å². The fraction of sp³-hybridized carbons (Fsp3) is 0.364. The Bertz CT molecular complexity index is 434. The van der Waals surface area contributed by atoms with Crippen molar-refractivity contribution in [2.75, 3.05) is 11.6 Å². The molecule has 0 aromatic heterocycles. The summed E-state index contributed by atoms with van der Waals surface area (Å²) in [4.78, 5) is 3.57. The summed E-state index contributed by atoms with van der Waals surface area (Å²) >= 11 is 1.62. The van der Waals surface area contributed by atoms with Crippen LogP contribution in [0.4, 0.5) is 5.69 Å². The molecule has 1 heterocycles. The van der Waals surface area contributed by atoms with Gasteiger partial charge in [0.25, 0.3) is 0 Å². The molecule has 4 heteroatoms. The highest BCUT2D eigenvalue weighted by atomic mass is 32.2. The van der Waals surface area contributed by atoms with E-state index in [1.54, 1.807) is 11.9 Å². The summed E-state index contributed by atoms with van der Waals surface area (Å²) in [6, 6.07) is 8.82. The molecule has 15 heavy (non-hydrogen) atoms. The summed E-state index contributed by atoms with van der Waals surface area (Å²) in [5.74, 6) is 0. The maximum Gasteiger partial charge on any atom is 0.0992 e. The van der Waals surface area contributed by atoms with Gasteiger partial charge in [0.05, 0.1) is 24.0 Å². The first-order valence-electron chi connectivity index (χ1n) is 5.09. The van der Waals surface area contributed by atoms with E-state index in [0.29, 0.717) is 6.04 Å². The maximum atomic E-state index is 8.83. The fourth-order valence-corrected chi connectivity index (χ4v) is 2.71. The zero-order chi connectivity index (χ0) is 10.3. The average molecular weight is 217 g/mol. The molecule has 1 aliphatic heterocycles. The second kappa shape index (κ2) is 3.44. The number of hydrogen-bond donors (Lipinski definition) is 1. The number of nitrogens with zero attached hydrogens (tertiary/aromatic N) is 2. The van der Waals surface area contributed by atoms with Crippen LogP contribution in [0.25, 0.3) is 0 Å². The number of hydrogen-bond acceptors (Lipinski definition) is 4. The molecular formula is C11H11N3S. The van der Waals surface area contributed by atoms with Gasteiger partial charge in [0, 0.05) is 10.9 Å². The van der Waals surface area contributed by atoms with Crippen molar-refractivity contribution in [1.82, 2.24) is 4.72 Å². The third kappa shape index (κ3) is 1.58. The Morgan fingerprint density at radius 3 is 3.07 bits per heavy atom. The molecule has 0 atom stereocenters. The smallest absolute Gasteiger partial charge is 0.0992 e. The molecule has 0 unspecified atom stereocenters. The van der Waals surface area contributed by atoms with Crippen LogP contribution >= 0.6 is 11.9 Å². The van der Waals surface area contributed by atoms with E-state index in [0.717, 1.165) is 12.2 Å². The second-order valence-corrected chi connectivity index (χ2v) is 4.83. The summed E-state index contributed by atoms with van der Waals surface area (Å²) in [6.45, 7) is 0.911. The van der Waals surface area contributed by atoms with Crippen LogP contribution in [0.3, 0.4) is 0 Å². The molecule has 0 bridgehead atoms. The van der Waals surface area contributed by atoms with Crippen molar-refractivity contribution in [1.29, 1.82) is 5.26 Å². The normalized spacial score (nSPS) is 19.5. The van der Waals surface area contributed by atoms with Crippen LogP contribution in [0.15, 0.2) is 23.1 Å². The number of nitrogens with one attached hydrogen (secondary N) is 1. The van der Waals surface area contributed by atoms with Crippen LogP contribution in [-0.4, -0.2) is 12.7 Å². The Balaban J connectivity index is 2.01. The summed E-state index contributed by atoms with van der Waals surface area (Å²) in [7, 11) is 0. The van der Waals surface area contributed by atoms with E-state index in [9.17, 15) is 0 Å². The van der Waals surface area contributed by atoms with E-state index < -0.39 is 0 Å². The average Bonchev–Trinajstić information content (AvgIpc) is 3.11. The van der Waals surface area contributed by atoms with Gasteiger partial charge in [-0.2, -0.15) is 5.26 Å². The van der Waals surface area contributed by atoms with E-state index in [2.05, 4.69) is 21.8 Å². The highest BCUT2D eigenvalue weighted by Gasteiger charge is 2.32. The molecule has 1 aromatic rings. The topological polar surface area (TPSA) is 39.1 Å².